The van der Waals surface area contributed by atoms with Crippen LogP contribution in [0.1, 0.15) is 41.0 Å². The third-order valence-electron chi connectivity index (χ3n) is 3.76. The van der Waals surface area contributed by atoms with Gasteiger partial charge in [0, 0.05) is 6.04 Å². The number of nitrogens with one attached hydrogen (secondary N) is 2. The third kappa shape index (κ3) is 4.13. The number of methoxy groups -OCH3 is 1. The van der Waals surface area contributed by atoms with Crippen LogP contribution >= 0.6 is 0 Å². The van der Waals surface area contributed by atoms with E-state index in [-0.39, 0.29) is 17.9 Å². The Labute approximate surface area is 142 Å². The highest BCUT2D eigenvalue weighted by atomic mass is 16.5. The summed E-state index contributed by atoms with van der Waals surface area (Å²) in [6, 6.07) is 14.0. The molecule has 0 radical (unpaired) electrons. The van der Waals surface area contributed by atoms with E-state index in [1.807, 2.05) is 13.8 Å². The Bertz CT molecular complexity index is 728. The van der Waals surface area contributed by atoms with Gasteiger partial charge in [-0.05, 0) is 37.6 Å². The number of para-hydroxylation sites is 2. The fourth-order valence-corrected chi connectivity index (χ4v) is 2.22. The van der Waals surface area contributed by atoms with Crippen LogP contribution in [-0.4, -0.2) is 25.0 Å². The molecule has 0 saturated carbocycles. The fourth-order valence-electron chi connectivity index (χ4n) is 2.22. The van der Waals surface area contributed by atoms with Crippen molar-refractivity contribution < 1.29 is 14.3 Å². The van der Waals surface area contributed by atoms with Gasteiger partial charge in [-0.15, -0.1) is 0 Å². The molecule has 0 aliphatic heterocycles. The SMILES string of the molecule is CCC(C)NC(=O)c1ccccc1NC(=O)c1ccccc1OC. The maximum Gasteiger partial charge on any atom is 0.259 e. The van der Waals surface area contributed by atoms with Crippen LogP contribution in [0.4, 0.5) is 5.69 Å². The van der Waals surface area contributed by atoms with Gasteiger partial charge >= 0.3 is 0 Å². The van der Waals surface area contributed by atoms with E-state index in [9.17, 15) is 9.59 Å². The number of ether oxygens (including phenoxy) is 1. The molecule has 126 valence electrons. The van der Waals surface area contributed by atoms with Gasteiger partial charge in [0.25, 0.3) is 11.8 Å². The van der Waals surface area contributed by atoms with Gasteiger partial charge in [-0.2, -0.15) is 0 Å². The minimum Gasteiger partial charge on any atom is -0.496 e. The minimum atomic E-state index is -0.323. The Balaban J connectivity index is 2.24. The van der Waals surface area contributed by atoms with E-state index in [4.69, 9.17) is 4.74 Å². The van der Waals surface area contributed by atoms with Crippen LogP contribution in [0, 0.1) is 0 Å². The highest BCUT2D eigenvalue weighted by Crippen LogP contribution is 2.21. The zero-order valence-corrected chi connectivity index (χ0v) is 14.1. The minimum absolute atomic E-state index is 0.0653. The van der Waals surface area contributed by atoms with Gasteiger partial charge in [-0.1, -0.05) is 31.2 Å². The highest BCUT2D eigenvalue weighted by Gasteiger charge is 2.17. The second kappa shape index (κ2) is 8.15. The summed E-state index contributed by atoms with van der Waals surface area (Å²) in [5.74, 6) is -0.0481. The summed E-state index contributed by atoms with van der Waals surface area (Å²) in [6.07, 6.45) is 0.835. The topological polar surface area (TPSA) is 67.4 Å². The van der Waals surface area contributed by atoms with Gasteiger partial charge in [0.1, 0.15) is 5.75 Å². The molecule has 0 aromatic heterocycles. The molecule has 24 heavy (non-hydrogen) atoms. The molecule has 5 heteroatoms. The van der Waals surface area contributed by atoms with Crippen LogP contribution in [-0.2, 0) is 0 Å². The van der Waals surface area contributed by atoms with E-state index in [1.54, 1.807) is 48.5 Å². The molecule has 0 saturated heterocycles. The number of carbonyl (C=O) groups excluding carboxylic acids is 2. The van der Waals surface area contributed by atoms with Crippen molar-refractivity contribution in [2.24, 2.45) is 0 Å². The van der Waals surface area contributed by atoms with Crippen LogP contribution in [0.15, 0.2) is 48.5 Å². The zero-order chi connectivity index (χ0) is 17.5. The number of rotatable bonds is 6. The van der Waals surface area contributed by atoms with Gasteiger partial charge in [-0.25, -0.2) is 0 Å². The molecule has 2 N–H and O–H groups in total. The van der Waals surface area contributed by atoms with Gasteiger partial charge in [0.2, 0.25) is 0 Å². The lowest BCUT2D eigenvalue weighted by molar-refractivity contribution is 0.0940. The number of carbonyl (C=O) groups is 2. The third-order valence-corrected chi connectivity index (χ3v) is 3.76. The van der Waals surface area contributed by atoms with Crippen molar-refractivity contribution in [3.05, 3.63) is 59.7 Å². The number of benzene rings is 2. The second-order valence-electron chi connectivity index (χ2n) is 5.48. The van der Waals surface area contributed by atoms with Crippen LogP contribution in [0.25, 0.3) is 0 Å². The molecule has 0 bridgehead atoms. The Morgan fingerprint density at radius 2 is 1.62 bits per heavy atom. The van der Waals surface area contributed by atoms with Crippen molar-refractivity contribution in [2.75, 3.05) is 12.4 Å². The summed E-state index contributed by atoms with van der Waals surface area (Å²) >= 11 is 0. The number of amides is 2. The molecule has 1 unspecified atom stereocenters. The molecule has 0 aliphatic rings. The normalized spacial score (nSPS) is 11.5. The van der Waals surface area contributed by atoms with Crippen molar-refractivity contribution in [1.82, 2.24) is 5.32 Å². The molecule has 0 heterocycles. The molecule has 0 fully saturated rings. The van der Waals surface area contributed by atoms with Crippen molar-refractivity contribution in [1.29, 1.82) is 0 Å². The summed E-state index contributed by atoms with van der Waals surface area (Å²) in [6.45, 7) is 3.94. The van der Waals surface area contributed by atoms with Crippen LogP contribution in [0.2, 0.25) is 0 Å². The Morgan fingerprint density at radius 3 is 2.29 bits per heavy atom. The van der Waals surface area contributed by atoms with Crippen LogP contribution in [0.5, 0.6) is 5.75 Å². The highest BCUT2D eigenvalue weighted by molar-refractivity contribution is 6.10. The predicted molar refractivity (Wildman–Crippen MR) is 94.6 cm³/mol. The first kappa shape index (κ1) is 17.5. The van der Waals surface area contributed by atoms with Gasteiger partial charge in [-0.3, -0.25) is 9.59 Å². The average Bonchev–Trinajstić information content (AvgIpc) is 2.61. The van der Waals surface area contributed by atoms with Crippen molar-refractivity contribution >= 4 is 17.5 Å². The first-order valence-electron chi connectivity index (χ1n) is 7.91. The summed E-state index contributed by atoms with van der Waals surface area (Å²) in [7, 11) is 1.51. The van der Waals surface area contributed by atoms with E-state index in [2.05, 4.69) is 10.6 Å². The number of hydrogen-bond donors (Lipinski definition) is 2. The lowest BCUT2D eigenvalue weighted by atomic mass is 10.1. The molecule has 5 nitrogen and oxygen atoms in total. The van der Waals surface area contributed by atoms with Crippen LogP contribution < -0.4 is 15.4 Å². The molecule has 2 aromatic carbocycles. The van der Waals surface area contributed by atoms with Gasteiger partial charge in [0.05, 0.1) is 23.9 Å². The van der Waals surface area contributed by atoms with E-state index >= 15 is 0 Å². The van der Waals surface area contributed by atoms with Gasteiger partial charge in [0.15, 0.2) is 0 Å². The first-order chi connectivity index (χ1) is 11.6. The molecular formula is C19H22N2O3. The summed E-state index contributed by atoms with van der Waals surface area (Å²) < 4.78 is 5.21. The van der Waals surface area contributed by atoms with E-state index in [1.165, 1.54) is 7.11 Å². The summed E-state index contributed by atoms with van der Waals surface area (Å²) in [5.41, 5.74) is 1.31. The second-order valence-corrected chi connectivity index (χ2v) is 5.48. The lowest BCUT2D eigenvalue weighted by Gasteiger charge is -2.15. The summed E-state index contributed by atoms with van der Waals surface area (Å²) in [4.78, 5) is 24.9. The van der Waals surface area contributed by atoms with Gasteiger partial charge < -0.3 is 15.4 Å². The van der Waals surface area contributed by atoms with E-state index in [0.717, 1.165) is 6.42 Å². The molecule has 1 atom stereocenters. The quantitative estimate of drug-likeness (QED) is 0.854. The zero-order valence-electron chi connectivity index (χ0n) is 14.1. The van der Waals surface area contributed by atoms with Crippen molar-refractivity contribution in [3.8, 4) is 5.75 Å². The lowest BCUT2D eigenvalue weighted by Crippen LogP contribution is -2.32. The van der Waals surface area contributed by atoms with E-state index in [0.29, 0.717) is 22.6 Å². The standard InChI is InChI=1S/C19H22N2O3/c1-4-13(2)20-18(22)14-9-5-7-11-16(14)21-19(23)15-10-6-8-12-17(15)24-3/h5-13H,4H2,1-3H3,(H,20,22)(H,21,23). The van der Waals surface area contributed by atoms with E-state index < -0.39 is 0 Å². The Morgan fingerprint density at radius 1 is 1.00 bits per heavy atom. The maximum absolute atomic E-state index is 12.5. The Kier molecular flexibility index (Phi) is 5.95. The summed E-state index contributed by atoms with van der Waals surface area (Å²) in [5, 5.41) is 5.70. The predicted octanol–water partition coefficient (Wildman–Crippen LogP) is 3.48. The molecule has 0 aliphatic carbocycles. The monoisotopic (exact) mass is 326 g/mol. The molecule has 2 rings (SSSR count). The molecular weight excluding hydrogens is 304 g/mol. The molecule has 2 aromatic rings. The molecule has 2 amide bonds. The van der Waals surface area contributed by atoms with Crippen LogP contribution in [0.3, 0.4) is 0 Å². The fraction of sp³-hybridized carbons (Fsp3) is 0.263. The van der Waals surface area contributed by atoms with Crippen molar-refractivity contribution in [3.63, 3.8) is 0 Å². The van der Waals surface area contributed by atoms with Crippen molar-refractivity contribution in [2.45, 2.75) is 26.3 Å². The first-order valence-corrected chi connectivity index (χ1v) is 7.91. The molecule has 0 spiro atoms. The maximum atomic E-state index is 12.5. The number of hydrogen-bond acceptors (Lipinski definition) is 3. The number of anilines is 1. The smallest absolute Gasteiger partial charge is 0.259 e. The average molecular weight is 326 g/mol. The largest absolute Gasteiger partial charge is 0.496 e. The Hall–Kier alpha value is -2.82.